The summed E-state index contributed by atoms with van der Waals surface area (Å²) in [6, 6.07) is 6.23. The maximum Gasteiger partial charge on any atom is 0.269 e. The van der Waals surface area contributed by atoms with Gasteiger partial charge in [-0.25, -0.2) is 0 Å². The molecule has 2 N–H and O–H groups in total. The molecule has 114 valence electrons. The summed E-state index contributed by atoms with van der Waals surface area (Å²) in [7, 11) is 0. The van der Waals surface area contributed by atoms with Gasteiger partial charge in [-0.3, -0.25) is 15.0 Å². The number of rotatable bonds is 6. The molecule has 1 aliphatic rings. The molecule has 0 atom stereocenters. The first-order valence-electron chi connectivity index (χ1n) is 6.63. The van der Waals surface area contributed by atoms with Gasteiger partial charge < -0.3 is 15.3 Å². The summed E-state index contributed by atoms with van der Waals surface area (Å²) in [5.74, 6) is 0.377. The minimum Gasteiger partial charge on any atom is -0.389 e. The van der Waals surface area contributed by atoms with E-state index in [0.717, 1.165) is 13.1 Å². The Labute approximate surface area is 122 Å². The quantitative estimate of drug-likeness (QED) is 0.359. The van der Waals surface area contributed by atoms with Crippen LogP contribution in [0.3, 0.4) is 0 Å². The van der Waals surface area contributed by atoms with Crippen molar-refractivity contribution in [2.45, 2.75) is 6.61 Å². The summed E-state index contributed by atoms with van der Waals surface area (Å²) in [6.07, 6.45) is 0. The Morgan fingerprint density at radius 3 is 2.95 bits per heavy atom. The highest BCUT2D eigenvalue weighted by Crippen LogP contribution is 2.13. The Kier molecular flexibility index (Phi) is 5.47. The van der Waals surface area contributed by atoms with Gasteiger partial charge in [0.15, 0.2) is 5.84 Å². The van der Waals surface area contributed by atoms with Crippen molar-refractivity contribution in [2.24, 2.45) is 10.9 Å². The van der Waals surface area contributed by atoms with Crippen LogP contribution in [-0.4, -0.2) is 48.5 Å². The summed E-state index contributed by atoms with van der Waals surface area (Å²) in [5.41, 5.74) is 6.48. The van der Waals surface area contributed by atoms with Crippen molar-refractivity contribution in [2.75, 3.05) is 32.8 Å². The number of nitrogens with zero attached hydrogens (tertiary/aromatic N) is 3. The van der Waals surface area contributed by atoms with Gasteiger partial charge >= 0.3 is 0 Å². The molecule has 1 fully saturated rings. The standard InChI is InChI=1S/C13H18N4O4/c14-13(9-16-4-6-20-7-5-16)15-21-10-11-2-1-3-12(8-11)17(18)19/h1-3,8H,4-7,9-10H2,(H2,14,15). The SMILES string of the molecule is N/C(CN1CCOCC1)=N/OCc1cccc([N+](=O)[O-])c1. The number of nitro groups is 1. The molecule has 0 spiro atoms. The maximum absolute atomic E-state index is 10.7. The molecule has 8 heteroatoms. The van der Waals surface area contributed by atoms with Crippen LogP contribution < -0.4 is 5.73 Å². The van der Waals surface area contributed by atoms with Crippen molar-refractivity contribution < 1.29 is 14.5 Å². The first-order chi connectivity index (χ1) is 10.1. The van der Waals surface area contributed by atoms with E-state index in [-0.39, 0.29) is 12.3 Å². The summed E-state index contributed by atoms with van der Waals surface area (Å²) in [6.45, 7) is 3.70. The van der Waals surface area contributed by atoms with Crippen LogP contribution in [0.1, 0.15) is 5.56 Å². The zero-order chi connectivity index (χ0) is 15.1. The fraction of sp³-hybridized carbons (Fsp3) is 0.462. The van der Waals surface area contributed by atoms with E-state index in [0.29, 0.717) is 31.2 Å². The Bertz CT molecular complexity index is 515. The minimum atomic E-state index is -0.445. The predicted octanol–water partition coefficient (Wildman–Crippen LogP) is 0.716. The van der Waals surface area contributed by atoms with E-state index >= 15 is 0 Å². The summed E-state index contributed by atoms with van der Waals surface area (Å²) < 4.78 is 5.24. The van der Waals surface area contributed by atoms with Crippen molar-refractivity contribution in [3.8, 4) is 0 Å². The summed E-state index contributed by atoms with van der Waals surface area (Å²) in [4.78, 5) is 17.5. The minimum absolute atomic E-state index is 0.0290. The molecule has 0 amide bonds. The number of hydrogen-bond donors (Lipinski definition) is 1. The first kappa shape index (κ1) is 15.2. The molecule has 0 aromatic heterocycles. The smallest absolute Gasteiger partial charge is 0.269 e. The zero-order valence-corrected chi connectivity index (χ0v) is 11.6. The highest BCUT2D eigenvalue weighted by molar-refractivity contribution is 5.81. The third-order valence-corrected chi connectivity index (χ3v) is 3.02. The lowest BCUT2D eigenvalue weighted by molar-refractivity contribution is -0.384. The molecule has 8 nitrogen and oxygen atoms in total. The van der Waals surface area contributed by atoms with Gasteiger partial charge in [-0.2, -0.15) is 0 Å². The second kappa shape index (κ2) is 7.55. The van der Waals surface area contributed by atoms with E-state index in [1.54, 1.807) is 12.1 Å². The molecule has 0 unspecified atom stereocenters. The number of amidine groups is 1. The van der Waals surface area contributed by atoms with Crippen LogP contribution in [0.4, 0.5) is 5.69 Å². The van der Waals surface area contributed by atoms with E-state index in [1.165, 1.54) is 12.1 Å². The van der Waals surface area contributed by atoms with E-state index in [2.05, 4.69) is 10.1 Å². The normalized spacial score (nSPS) is 16.7. The molecule has 1 aromatic rings. The molecule has 1 aliphatic heterocycles. The second-order valence-corrected chi connectivity index (χ2v) is 4.67. The number of hydrogen-bond acceptors (Lipinski definition) is 6. The van der Waals surface area contributed by atoms with Gasteiger partial charge in [0.05, 0.1) is 24.7 Å². The van der Waals surface area contributed by atoms with Crippen LogP contribution in [0, 0.1) is 10.1 Å². The number of benzene rings is 1. The number of ether oxygens (including phenoxy) is 1. The van der Waals surface area contributed by atoms with Gasteiger partial charge in [-0.05, 0) is 5.56 Å². The molecular weight excluding hydrogens is 276 g/mol. The lowest BCUT2D eigenvalue weighted by atomic mass is 10.2. The van der Waals surface area contributed by atoms with Gasteiger partial charge in [0.1, 0.15) is 6.61 Å². The summed E-state index contributed by atoms with van der Waals surface area (Å²) in [5, 5.41) is 14.5. The molecule has 2 rings (SSSR count). The molecular formula is C13H18N4O4. The lowest BCUT2D eigenvalue weighted by Crippen LogP contribution is -2.41. The van der Waals surface area contributed by atoms with E-state index in [9.17, 15) is 10.1 Å². The van der Waals surface area contributed by atoms with Crippen LogP contribution in [0.2, 0.25) is 0 Å². The fourth-order valence-corrected chi connectivity index (χ4v) is 1.97. The van der Waals surface area contributed by atoms with E-state index in [4.69, 9.17) is 15.3 Å². The first-order valence-corrected chi connectivity index (χ1v) is 6.63. The maximum atomic E-state index is 10.7. The van der Waals surface area contributed by atoms with Gasteiger partial charge in [0, 0.05) is 25.2 Å². The van der Waals surface area contributed by atoms with E-state index in [1.807, 2.05) is 0 Å². The van der Waals surface area contributed by atoms with Crippen molar-refractivity contribution in [1.82, 2.24) is 4.90 Å². The Morgan fingerprint density at radius 2 is 2.24 bits per heavy atom. The van der Waals surface area contributed by atoms with Gasteiger partial charge in [0.25, 0.3) is 5.69 Å². The Morgan fingerprint density at radius 1 is 1.48 bits per heavy atom. The third kappa shape index (κ3) is 5.01. The van der Waals surface area contributed by atoms with Gasteiger partial charge in [0.2, 0.25) is 0 Å². The highest BCUT2D eigenvalue weighted by Gasteiger charge is 2.11. The number of non-ortho nitro benzene ring substituents is 1. The number of morpholine rings is 1. The predicted molar refractivity (Wildman–Crippen MR) is 76.8 cm³/mol. The number of nitro benzene ring substituents is 1. The van der Waals surface area contributed by atoms with Crippen molar-refractivity contribution in [3.63, 3.8) is 0 Å². The molecule has 0 aliphatic carbocycles. The van der Waals surface area contributed by atoms with E-state index < -0.39 is 4.92 Å². The monoisotopic (exact) mass is 294 g/mol. The third-order valence-electron chi connectivity index (χ3n) is 3.02. The van der Waals surface area contributed by atoms with Crippen LogP contribution >= 0.6 is 0 Å². The topological polar surface area (TPSA) is 103 Å². The Hall–Kier alpha value is -2.19. The average molecular weight is 294 g/mol. The average Bonchev–Trinajstić information content (AvgIpc) is 2.48. The van der Waals surface area contributed by atoms with Crippen LogP contribution in [0.5, 0.6) is 0 Å². The molecule has 21 heavy (non-hydrogen) atoms. The van der Waals surface area contributed by atoms with Gasteiger partial charge in [-0.1, -0.05) is 17.3 Å². The zero-order valence-electron chi connectivity index (χ0n) is 11.6. The molecule has 1 saturated heterocycles. The van der Waals surface area contributed by atoms with Crippen molar-refractivity contribution >= 4 is 11.5 Å². The second-order valence-electron chi connectivity index (χ2n) is 4.67. The fourth-order valence-electron chi connectivity index (χ4n) is 1.97. The number of oxime groups is 1. The molecule has 0 radical (unpaired) electrons. The van der Waals surface area contributed by atoms with Gasteiger partial charge in [-0.15, -0.1) is 0 Å². The molecule has 0 bridgehead atoms. The number of nitrogens with two attached hydrogens (primary N) is 1. The summed E-state index contributed by atoms with van der Waals surface area (Å²) >= 11 is 0. The van der Waals surface area contributed by atoms with Crippen LogP contribution in [0.15, 0.2) is 29.4 Å². The van der Waals surface area contributed by atoms with Crippen LogP contribution in [0.25, 0.3) is 0 Å². The molecule has 1 heterocycles. The van der Waals surface area contributed by atoms with Crippen molar-refractivity contribution in [3.05, 3.63) is 39.9 Å². The highest BCUT2D eigenvalue weighted by atomic mass is 16.6. The molecule has 0 saturated carbocycles. The largest absolute Gasteiger partial charge is 0.389 e. The van der Waals surface area contributed by atoms with Crippen molar-refractivity contribution in [1.29, 1.82) is 0 Å². The lowest BCUT2D eigenvalue weighted by Gasteiger charge is -2.25. The Balaban J connectivity index is 1.80. The van der Waals surface area contributed by atoms with Crippen LogP contribution in [-0.2, 0) is 16.2 Å². The molecule has 1 aromatic carbocycles.